The summed E-state index contributed by atoms with van der Waals surface area (Å²) in [5.41, 5.74) is 1.79. The summed E-state index contributed by atoms with van der Waals surface area (Å²) in [7, 11) is 0. The van der Waals surface area contributed by atoms with Crippen LogP contribution >= 0.6 is 11.3 Å². The number of anilines is 1. The van der Waals surface area contributed by atoms with Gasteiger partial charge < -0.3 is 9.88 Å². The van der Waals surface area contributed by atoms with E-state index < -0.39 is 0 Å². The van der Waals surface area contributed by atoms with Crippen LogP contribution in [0, 0.1) is 0 Å². The molecule has 0 aromatic carbocycles. The number of hydrogen-bond acceptors (Lipinski definition) is 4. The third-order valence-electron chi connectivity index (χ3n) is 3.39. The number of nitrogens with one attached hydrogen (secondary N) is 2. The lowest BCUT2D eigenvalue weighted by Gasteiger charge is -2.11. The topological polar surface area (TPSA) is 59.0 Å². The number of fused-ring (bicyclic) bond motifs is 1. The molecule has 1 aliphatic heterocycles. The summed E-state index contributed by atoms with van der Waals surface area (Å²) in [6, 6.07) is 4.00. The van der Waals surface area contributed by atoms with Gasteiger partial charge in [0.1, 0.15) is 5.69 Å². The van der Waals surface area contributed by atoms with Gasteiger partial charge in [0.15, 0.2) is 5.13 Å². The van der Waals surface area contributed by atoms with Crippen molar-refractivity contribution in [2.24, 2.45) is 0 Å². The van der Waals surface area contributed by atoms with Gasteiger partial charge in [-0.25, -0.2) is 4.98 Å². The number of aromatic nitrogens is 2. The Kier molecular flexibility index (Phi) is 3.58. The minimum absolute atomic E-state index is 0.0947. The lowest BCUT2D eigenvalue weighted by atomic mass is 10.2. The quantitative estimate of drug-likeness (QED) is 0.912. The zero-order valence-electron chi connectivity index (χ0n) is 11.6. The van der Waals surface area contributed by atoms with Gasteiger partial charge in [-0.05, 0) is 26.0 Å². The Morgan fingerprint density at radius 2 is 2.40 bits per heavy atom. The molecule has 3 rings (SSSR count). The number of amides is 1. The van der Waals surface area contributed by atoms with Crippen LogP contribution in [0.4, 0.5) is 5.13 Å². The van der Waals surface area contributed by atoms with Gasteiger partial charge in [0, 0.05) is 36.6 Å². The van der Waals surface area contributed by atoms with E-state index in [4.69, 9.17) is 0 Å². The molecule has 2 aromatic rings. The molecule has 2 aromatic heterocycles. The van der Waals surface area contributed by atoms with Crippen molar-refractivity contribution in [3.63, 3.8) is 0 Å². The summed E-state index contributed by atoms with van der Waals surface area (Å²) in [6.07, 6.45) is 2.86. The highest BCUT2D eigenvalue weighted by atomic mass is 32.1. The monoisotopic (exact) mass is 290 g/mol. The summed E-state index contributed by atoms with van der Waals surface area (Å²) in [5.74, 6) is -0.0947. The van der Waals surface area contributed by atoms with Crippen LogP contribution < -0.4 is 10.6 Å². The van der Waals surface area contributed by atoms with Gasteiger partial charge in [-0.2, -0.15) is 0 Å². The zero-order chi connectivity index (χ0) is 14.1. The third kappa shape index (κ3) is 2.48. The van der Waals surface area contributed by atoms with E-state index in [1.165, 1.54) is 4.88 Å². The van der Waals surface area contributed by atoms with Crippen molar-refractivity contribution in [3.8, 4) is 0 Å². The molecule has 0 radical (unpaired) electrons. The summed E-state index contributed by atoms with van der Waals surface area (Å²) >= 11 is 1.56. The van der Waals surface area contributed by atoms with Crippen molar-refractivity contribution in [2.75, 3.05) is 11.9 Å². The first-order valence-corrected chi connectivity index (χ1v) is 7.64. The molecule has 0 aliphatic carbocycles. The fraction of sp³-hybridized carbons (Fsp3) is 0.429. The molecule has 3 heterocycles. The normalized spacial score (nSPS) is 14.3. The Morgan fingerprint density at radius 3 is 3.15 bits per heavy atom. The van der Waals surface area contributed by atoms with E-state index in [1.807, 2.05) is 22.9 Å². The van der Waals surface area contributed by atoms with Crippen LogP contribution in [0.15, 0.2) is 18.3 Å². The molecule has 0 unspecified atom stereocenters. The van der Waals surface area contributed by atoms with Crippen LogP contribution in [0.3, 0.4) is 0 Å². The summed E-state index contributed by atoms with van der Waals surface area (Å²) in [4.78, 5) is 18.1. The van der Waals surface area contributed by atoms with Crippen molar-refractivity contribution >= 4 is 22.4 Å². The average molecular weight is 290 g/mol. The molecule has 20 heavy (non-hydrogen) atoms. The highest BCUT2D eigenvalue weighted by Crippen LogP contribution is 2.26. The Morgan fingerprint density at radius 1 is 1.55 bits per heavy atom. The molecule has 5 nitrogen and oxygen atoms in total. The maximum absolute atomic E-state index is 12.3. The molecule has 6 heteroatoms. The van der Waals surface area contributed by atoms with Gasteiger partial charge >= 0.3 is 0 Å². The molecule has 1 aliphatic rings. The average Bonchev–Trinajstić information content (AvgIpc) is 3.04. The van der Waals surface area contributed by atoms with Crippen molar-refractivity contribution in [1.82, 2.24) is 14.9 Å². The molecule has 0 spiro atoms. The second kappa shape index (κ2) is 5.38. The predicted octanol–water partition coefficient (Wildman–Crippen LogP) is 2.42. The Hall–Kier alpha value is -1.66. The highest BCUT2D eigenvalue weighted by molar-refractivity contribution is 7.15. The Balaban J connectivity index is 1.78. The first-order valence-electron chi connectivity index (χ1n) is 6.82. The standard InChI is InChI=1S/C14H18N4OS/c1-9(2)18-7-3-4-11(18)13(19)17-14-16-10-5-6-15-8-12(10)20-14/h3-4,7,9,15H,5-6,8H2,1-2H3,(H,16,17,19). The van der Waals surface area contributed by atoms with E-state index in [9.17, 15) is 4.79 Å². The minimum Gasteiger partial charge on any atom is -0.341 e. The van der Waals surface area contributed by atoms with Gasteiger partial charge in [0.25, 0.3) is 5.91 Å². The van der Waals surface area contributed by atoms with Crippen LogP contribution in [0.25, 0.3) is 0 Å². The van der Waals surface area contributed by atoms with Crippen molar-refractivity contribution in [1.29, 1.82) is 0 Å². The number of nitrogens with zero attached hydrogens (tertiary/aromatic N) is 2. The van der Waals surface area contributed by atoms with Gasteiger partial charge in [-0.3, -0.25) is 10.1 Å². The molecule has 0 atom stereocenters. The molecule has 106 valence electrons. The molecule has 0 saturated heterocycles. The SMILES string of the molecule is CC(C)n1cccc1C(=O)Nc1nc2c(s1)CNCC2. The largest absolute Gasteiger partial charge is 0.341 e. The maximum Gasteiger partial charge on any atom is 0.274 e. The maximum atomic E-state index is 12.3. The molecule has 1 amide bonds. The second-order valence-corrected chi connectivity index (χ2v) is 6.25. The van der Waals surface area contributed by atoms with Gasteiger partial charge in [-0.15, -0.1) is 11.3 Å². The summed E-state index contributed by atoms with van der Waals surface area (Å²) < 4.78 is 1.96. The second-order valence-electron chi connectivity index (χ2n) is 5.16. The fourth-order valence-corrected chi connectivity index (χ4v) is 3.35. The van der Waals surface area contributed by atoms with Crippen LogP contribution in [0.1, 0.15) is 40.9 Å². The van der Waals surface area contributed by atoms with Crippen LogP contribution in [-0.2, 0) is 13.0 Å². The van der Waals surface area contributed by atoms with Crippen LogP contribution in [0.5, 0.6) is 0 Å². The number of thiazole rings is 1. The summed E-state index contributed by atoms with van der Waals surface area (Å²) in [6.45, 7) is 5.93. The zero-order valence-corrected chi connectivity index (χ0v) is 12.5. The van der Waals surface area contributed by atoms with Gasteiger partial charge in [0.05, 0.1) is 5.69 Å². The lowest BCUT2D eigenvalue weighted by molar-refractivity contribution is 0.101. The molecule has 0 saturated carbocycles. The number of carbonyl (C=O) groups excluding carboxylic acids is 1. The highest BCUT2D eigenvalue weighted by Gasteiger charge is 2.18. The predicted molar refractivity (Wildman–Crippen MR) is 80.3 cm³/mol. The Bertz CT molecular complexity index is 605. The first kappa shape index (κ1) is 13.3. The molecule has 0 fully saturated rings. The molecular weight excluding hydrogens is 272 g/mol. The number of hydrogen-bond donors (Lipinski definition) is 2. The molecule has 0 bridgehead atoms. The Labute approximate surface area is 122 Å². The smallest absolute Gasteiger partial charge is 0.274 e. The fourth-order valence-electron chi connectivity index (χ4n) is 2.38. The molecular formula is C14H18N4OS. The van der Waals surface area contributed by atoms with Gasteiger partial charge in [0.2, 0.25) is 0 Å². The summed E-state index contributed by atoms with van der Waals surface area (Å²) in [5, 5.41) is 6.92. The van der Waals surface area contributed by atoms with E-state index in [1.54, 1.807) is 11.3 Å². The van der Waals surface area contributed by atoms with Crippen LogP contribution in [0.2, 0.25) is 0 Å². The minimum atomic E-state index is -0.0947. The number of carbonyl (C=O) groups is 1. The van der Waals surface area contributed by atoms with E-state index in [0.29, 0.717) is 10.8 Å². The molecule has 2 N–H and O–H groups in total. The van der Waals surface area contributed by atoms with E-state index in [2.05, 4.69) is 29.5 Å². The third-order valence-corrected chi connectivity index (χ3v) is 4.40. The van der Waals surface area contributed by atoms with Crippen molar-refractivity contribution < 1.29 is 4.79 Å². The van der Waals surface area contributed by atoms with Crippen molar-refractivity contribution in [3.05, 3.63) is 34.6 Å². The lowest BCUT2D eigenvalue weighted by Crippen LogP contribution is -2.22. The first-order chi connectivity index (χ1) is 9.65. The van der Waals surface area contributed by atoms with E-state index in [0.717, 1.165) is 25.2 Å². The van der Waals surface area contributed by atoms with E-state index in [-0.39, 0.29) is 11.9 Å². The van der Waals surface area contributed by atoms with Crippen LogP contribution in [-0.4, -0.2) is 22.0 Å². The van der Waals surface area contributed by atoms with Crippen molar-refractivity contribution in [2.45, 2.75) is 32.9 Å². The number of rotatable bonds is 3. The van der Waals surface area contributed by atoms with Gasteiger partial charge in [-0.1, -0.05) is 0 Å². The van der Waals surface area contributed by atoms with E-state index >= 15 is 0 Å².